The fraction of sp³-hybridized carbons (Fsp3) is 0.286. The molecule has 1 aliphatic rings. The van der Waals surface area contributed by atoms with Crippen molar-refractivity contribution in [1.29, 1.82) is 0 Å². The number of piperidine rings is 1. The van der Waals surface area contributed by atoms with E-state index in [0.717, 1.165) is 24.3 Å². The highest BCUT2D eigenvalue weighted by atomic mass is 19.1. The summed E-state index contributed by atoms with van der Waals surface area (Å²) in [5.41, 5.74) is 3.49. The van der Waals surface area contributed by atoms with E-state index in [-0.39, 0.29) is 5.75 Å². The molecule has 0 aliphatic carbocycles. The van der Waals surface area contributed by atoms with Crippen LogP contribution in [0.3, 0.4) is 0 Å². The van der Waals surface area contributed by atoms with Crippen LogP contribution in [-0.4, -0.2) is 35.1 Å². The molecular formula is C21H22FN3O2. The average molecular weight is 367 g/mol. The van der Waals surface area contributed by atoms with Crippen molar-refractivity contribution in [3.8, 4) is 28.3 Å². The van der Waals surface area contributed by atoms with Crippen molar-refractivity contribution < 1.29 is 14.2 Å². The van der Waals surface area contributed by atoms with Crippen LogP contribution in [0.1, 0.15) is 19.3 Å². The van der Waals surface area contributed by atoms with Crippen LogP contribution >= 0.6 is 0 Å². The zero-order chi connectivity index (χ0) is 18.8. The molecule has 0 radical (unpaired) electrons. The van der Waals surface area contributed by atoms with Gasteiger partial charge in [0.15, 0.2) is 17.3 Å². The maximum absolute atomic E-state index is 13.9. The lowest BCUT2D eigenvalue weighted by Crippen LogP contribution is -2.29. The predicted octanol–water partition coefficient (Wildman–Crippen LogP) is 4.38. The summed E-state index contributed by atoms with van der Waals surface area (Å²) < 4.78 is 20.8. The van der Waals surface area contributed by atoms with Gasteiger partial charge in [0.25, 0.3) is 0 Å². The van der Waals surface area contributed by atoms with E-state index in [1.807, 2.05) is 18.3 Å². The van der Waals surface area contributed by atoms with Crippen LogP contribution in [0.25, 0.3) is 16.8 Å². The zero-order valence-corrected chi connectivity index (χ0v) is 15.2. The minimum atomic E-state index is -0.718. The Bertz CT molecular complexity index is 948. The fourth-order valence-corrected chi connectivity index (χ4v) is 3.49. The molecule has 1 aromatic heterocycles. The molecule has 0 spiro atoms. The van der Waals surface area contributed by atoms with Crippen LogP contribution in [0, 0.1) is 5.82 Å². The molecule has 2 aromatic carbocycles. The topological polar surface area (TPSA) is 50.5 Å². The first-order valence-corrected chi connectivity index (χ1v) is 9.12. The highest BCUT2D eigenvalue weighted by molar-refractivity contribution is 5.67. The van der Waals surface area contributed by atoms with E-state index in [9.17, 15) is 9.50 Å². The van der Waals surface area contributed by atoms with Gasteiger partial charge in [-0.1, -0.05) is 6.07 Å². The Morgan fingerprint density at radius 1 is 1.04 bits per heavy atom. The van der Waals surface area contributed by atoms with E-state index < -0.39 is 11.6 Å². The number of aromatic hydroxyl groups is 1. The molecule has 1 N–H and O–H groups in total. The highest BCUT2D eigenvalue weighted by Crippen LogP contribution is 2.34. The molecule has 5 nitrogen and oxygen atoms in total. The van der Waals surface area contributed by atoms with Crippen LogP contribution < -0.4 is 9.64 Å². The Kier molecular flexibility index (Phi) is 4.71. The normalized spacial score (nSPS) is 14.4. The van der Waals surface area contributed by atoms with Crippen molar-refractivity contribution in [2.45, 2.75) is 19.3 Å². The number of nitrogens with zero attached hydrogens (tertiary/aromatic N) is 3. The molecule has 0 unspecified atom stereocenters. The molecule has 27 heavy (non-hydrogen) atoms. The van der Waals surface area contributed by atoms with Gasteiger partial charge in [-0.05, 0) is 55.2 Å². The summed E-state index contributed by atoms with van der Waals surface area (Å²) >= 11 is 0. The van der Waals surface area contributed by atoms with Crippen LogP contribution in [0.15, 0.2) is 48.8 Å². The van der Waals surface area contributed by atoms with Crippen LogP contribution in [-0.2, 0) is 0 Å². The Labute approximate surface area is 157 Å². The molecule has 6 heteroatoms. The second kappa shape index (κ2) is 7.31. The van der Waals surface area contributed by atoms with Crippen molar-refractivity contribution in [3.05, 3.63) is 54.6 Å². The van der Waals surface area contributed by atoms with E-state index in [2.05, 4.69) is 22.1 Å². The minimum Gasteiger partial charge on any atom is -0.502 e. The molecule has 1 aliphatic heterocycles. The molecule has 0 saturated carbocycles. The third kappa shape index (κ3) is 3.47. The quantitative estimate of drug-likeness (QED) is 0.743. The van der Waals surface area contributed by atoms with Crippen molar-refractivity contribution in [1.82, 2.24) is 9.78 Å². The molecule has 2 heterocycles. The maximum atomic E-state index is 13.9. The van der Waals surface area contributed by atoms with Gasteiger partial charge in [-0.15, -0.1) is 0 Å². The summed E-state index contributed by atoms with van der Waals surface area (Å²) in [7, 11) is 1.40. The van der Waals surface area contributed by atoms with E-state index >= 15 is 0 Å². The van der Waals surface area contributed by atoms with Gasteiger partial charge in [0.05, 0.1) is 19.0 Å². The zero-order valence-electron chi connectivity index (χ0n) is 15.2. The fourth-order valence-electron chi connectivity index (χ4n) is 3.49. The maximum Gasteiger partial charge on any atom is 0.194 e. The first kappa shape index (κ1) is 17.4. The number of hydrogen-bond acceptors (Lipinski definition) is 4. The Morgan fingerprint density at radius 2 is 1.81 bits per heavy atom. The van der Waals surface area contributed by atoms with Gasteiger partial charge in [0.1, 0.15) is 0 Å². The summed E-state index contributed by atoms with van der Waals surface area (Å²) in [6.07, 6.45) is 7.28. The van der Waals surface area contributed by atoms with Gasteiger partial charge in [-0.2, -0.15) is 5.10 Å². The van der Waals surface area contributed by atoms with Gasteiger partial charge in [0, 0.05) is 30.5 Å². The third-order valence-corrected chi connectivity index (χ3v) is 4.98. The number of methoxy groups -OCH3 is 1. The summed E-state index contributed by atoms with van der Waals surface area (Å²) in [6.45, 7) is 2.17. The van der Waals surface area contributed by atoms with Gasteiger partial charge in [-0.3, -0.25) is 0 Å². The van der Waals surface area contributed by atoms with Crippen molar-refractivity contribution in [2.75, 3.05) is 25.1 Å². The summed E-state index contributed by atoms with van der Waals surface area (Å²) in [5, 5.41) is 14.1. The molecule has 1 saturated heterocycles. The Balaban J connectivity index is 1.64. The lowest BCUT2D eigenvalue weighted by Gasteiger charge is -2.29. The number of ether oxygens (including phenoxy) is 1. The third-order valence-electron chi connectivity index (χ3n) is 4.98. The summed E-state index contributed by atoms with van der Waals surface area (Å²) in [5.74, 6) is -1.10. The Hall–Kier alpha value is -3.02. The lowest BCUT2D eigenvalue weighted by molar-refractivity contribution is 0.357. The van der Waals surface area contributed by atoms with E-state index in [4.69, 9.17) is 4.74 Å². The van der Waals surface area contributed by atoms with Crippen molar-refractivity contribution in [3.63, 3.8) is 0 Å². The minimum absolute atomic E-state index is 0.102. The number of halogens is 1. The van der Waals surface area contributed by atoms with E-state index in [1.54, 1.807) is 16.9 Å². The second-order valence-electron chi connectivity index (χ2n) is 6.75. The van der Waals surface area contributed by atoms with E-state index in [0.29, 0.717) is 5.56 Å². The summed E-state index contributed by atoms with van der Waals surface area (Å²) in [6, 6.07) is 11.2. The largest absolute Gasteiger partial charge is 0.502 e. The molecule has 0 bridgehead atoms. The summed E-state index contributed by atoms with van der Waals surface area (Å²) in [4.78, 5) is 2.40. The number of aromatic nitrogens is 2. The van der Waals surface area contributed by atoms with Crippen LogP contribution in [0.4, 0.5) is 10.1 Å². The number of phenolic OH excluding ortho intramolecular Hbond substituents is 1. The number of anilines is 1. The molecule has 0 atom stereocenters. The number of benzene rings is 2. The van der Waals surface area contributed by atoms with Gasteiger partial charge in [0.2, 0.25) is 0 Å². The first-order valence-electron chi connectivity index (χ1n) is 9.12. The number of phenols is 1. The van der Waals surface area contributed by atoms with Crippen molar-refractivity contribution >= 4 is 5.69 Å². The standard InChI is InChI=1S/C21H22FN3O2/c1-27-20-11-15(10-19(22)21(20)26)16-13-23-25(14-16)18-7-5-6-17(12-18)24-8-3-2-4-9-24/h5-7,10-14,26H,2-4,8-9H2,1H3. The van der Waals surface area contributed by atoms with Gasteiger partial charge < -0.3 is 14.7 Å². The Morgan fingerprint density at radius 3 is 2.59 bits per heavy atom. The monoisotopic (exact) mass is 367 g/mol. The highest BCUT2D eigenvalue weighted by Gasteiger charge is 2.14. The van der Waals surface area contributed by atoms with Gasteiger partial charge >= 0.3 is 0 Å². The average Bonchev–Trinajstić information content (AvgIpc) is 3.21. The lowest BCUT2D eigenvalue weighted by atomic mass is 10.1. The number of rotatable bonds is 4. The number of hydrogen-bond donors (Lipinski definition) is 1. The molecular weight excluding hydrogens is 345 g/mol. The molecule has 140 valence electrons. The molecule has 4 rings (SSSR count). The van der Waals surface area contributed by atoms with Crippen LogP contribution in [0.5, 0.6) is 11.5 Å². The molecule has 0 amide bonds. The second-order valence-corrected chi connectivity index (χ2v) is 6.75. The van der Waals surface area contributed by atoms with E-state index in [1.165, 1.54) is 38.1 Å². The smallest absolute Gasteiger partial charge is 0.194 e. The molecule has 1 fully saturated rings. The molecule has 3 aromatic rings. The van der Waals surface area contributed by atoms with Crippen molar-refractivity contribution in [2.24, 2.45) is 0 Å². The first-order chi connectivity index (χ1) is 13.2. The van der Waals surface area contributed by atoms with Gasteiger partial charge in [-0.25, -0.2) is 9.07 Å². The predicted molar refractivity (Wildman–Crippen MR) is 103 cm³/mol. The van der Waals surface area contributed by atoms with Crippen LogP contribution in [0.2, 0.25) is 0 Å². The SMILES string of the molecule is COc1cc(-c2cnn(-c3cccc(N4CCCCC4)c3)c2)cc(F)c1O.